The largest absolute Gasteiger partial charge is 0.345 e. The molecule has 2 aromatic rings. The van der Waals surface area contributed by atoms with Gasteiger partial charge in [0.25, 0.3) is 5.91 Å². The summed E-state index contributed by atoms with van der Waals surface area (Å²) in [5.41, 5.74) is 5.97. The quantitative estimate of drug-likeness (QED) is 0.867. The lowest BCUT2D eigenvalue weighted by Crippen LogP contribution is -2.28. The van der Waals surface area contributed by atoms with E-state index in [4.69, 9.17) is 0 Å². The lowest BCUT2D eigenvalue weighted by atomic mass is 9.90. The van der Waals surface area contributed by atoms with Crippen LogP contribution in [0.1, 0.15) is 64.8 Å². The zero-order valence-corrected chi connectivity index (χ0v) is 14.1. The summed E-state index contributed by atoms with van der Waals surface area (Å²) in [6.45, 7) is 4.19. The van der Waals surface area contributed by atoms with E-state index in [0.29, 0.717) is 0 Å². The van der Waals surface area contributed by atoms with Crippen LogP contribution in [0.5, 0.6) is 0 Å². The van der Waals surface area contributed by atoms with Crippen LogP contribution in [0.3, 0.4) is 0 Å². The molecule has 2 heteroatoms. The molecular formula is C21H25NO. The van der Waals surface area contributed by atoms with Gasteiger partial charge in [0.1, 0.15) is 0 Å². The fraction of sp³-hybridized carbons (Fsp3) is 0.381. The molecular weight excluding hydrogens is 282 g/mol. The minimum absolute atomic E-state index is 0.0331. The summed E-state index contributed by atoms with van der Waals surface area (Å²) in [4.78, 5) is 12.6. The molecule has 0 aliphatic heterocycles. The molecule has 0 unspecified atom stereocenters. The number of aryl methyl sites for hydroxylation is 3. The Morgan fingerprint density at radius 3 is 2.43 bits per heavy atom. The third-order valence-corrected chi connectivity index (χ3v) is 4.80. The Morgan fingerprint density at radius 1 is 1.04 bits per heavy atom. The highest BCUT2D eigenvalue weighted by atomic mass is 16.1. The zero-order chi connectivity index (χ0) is 16.2. The molecule has 3 rings (SSSR count). The van der Waals surface area contributed by atoms with Gasteiger partial charge in [0.15, 0.2) is 0 Å². The molecule has 1 atom stereocenters. The van der Waals surface area contributed by atoms with E-state index in [1.165, 1.54) is 35.1 Å². The molecule has 2 aromatic carbocycles. The lowest BCUT2D eigenvalue weighted by Gasteiger charge is -2.20. The first-order valence-electron chi connectivity index (χ1n) is 8.66. The van der Waals surface area contributed by atoms with Crippen molar-refractivity contribution in [2.75, 3.05) is 0 Å². The minimum atomic E-state index is 0.0331. The van der Waals surface area contributed by atoms with Gasteiger partial charge in [-0.3, -0.25) is 4.79 Å². The molecule has 0 saturated carbocycles. The number of hydrogen-bond donors (Lipinski definition) is 1. The van der Waals surface area contributed by atoms with Gasteiger partial charge in [0.2, 0.25) is 0 Å². The van der Waals surface area contributed by atoms with Gasteiger partial charge in [-0.15, -0.1) is 0 Å². The summed E-state index contributed by atoms with van der Waals surface area (Å²) < 4.78 is 0. The van der Waals surface area contributed by atoms with Crippen molar-refractivity contribution in [2.24, 2.45) is 0 Å². The van der Waals surface area contributed by atoms with Crippen LogP contribution >= 0.6 is 0 Å². The maximum Gasteiger partial charge on any atom is 0.251 e. The molecule has 2 nitrogen and oxygen atoms in total. The molecule has 0 fully saturated rings. The highest BCUT2D eigenvalue weighted by Gasteiger charge is 2.16. The normalized spacial score (nSPS) is 14.9. The Hall–Kier alpha value is -2.09. The molecule has 120 valence electrons. The van der Waals surface area contributed by atoms with Gasteiger partial charge in [-0.1, -0.05) is 42.8 Å². The molecule has 0 aromatic heterocycles. The van der Waals surface area contributed by atoms with E-state index in [2.05, 4.69) is 55.6 Å². The first-order chi connectivity index (χ1) is 11.2. The Kier molecular flexibility index (Phi) is 4.80. The Balaban J connectivity index is 1.75. The lowest BCUT2D eigenvalue weighted by molar-refractivity contribution is 0.0935. The average molecular weight is 307 g/mol. The second-order valence-corrected chi connectivity index (χ2v) is 6.54. The fourth-order valence-corrected chi connectivity index (χ4v) is 3.34. The molecule has 1 amide bonds. The van der Waals surface area contributed by atoms with Crippen LogP contribution in [0.25, 0.3) is 0 Å². The summed E-state index contributed by atoms with van der Waals surface area (Å²) >= 11 is 0. The van der Waals surface area contributed by atoms with E-state index >= 15 is 0 Å². The smallest absolute Gasteiger partial charge is 0.251 e. The van der Waals surface area contributed by atoms with Crippen molar-refractivity contribution in [3.63, 3.8) is 0 Å². The summed E-state index contributed by atoms with van der Waals surface area (Å²) in [5.74, 6) is 0.0331. The van der Waals surface area contributed by atoms with Gasteiger partial charge < -0.3 is 5.32 Å². The van der Waals surface area contributed by atoms with Crippen LogP contribution in [0.4, 0.5) is 0 Å². The van der Waals surface area contributed by atoms with Gasteiger partial charge in [0.05, 0.1) is 6.04 Å². The monoisotopic (exact) mass is 307 g/mol. The van der Waals surface area contributed by atoms with E-state index in [1.807, 2.05) is 6.07 Å². The fourth-order valence-electron chi connectivity index (χ4n) is 3.34. The van der Waals surface area contributed by atoms with Gasteiger partial charge >= 0.3 is 0 Å². The first-order valence-corrected chi connectivity index (χ1v) is 8.66. The predicted octanol–water partition coefficient (Wildman–Crippen LogP) is 4.75. The van der Waals surface area contributed by atoms with Crippen molar-refractivity contribution < 1.29 is 4.79 Å². The third kappa shape index (κ3) is 3.64. The molecule has 23 heavy (non-hydrogen) atoms. The summed E-state index contributed by atoms with van der Waals surface area (Å²) in [6, 6.07) is 14.7. The Morgan fingerprint density at radius 2 is 1.74 bits per heavy atom. The van der Waals surface area contributed by atoms with Crippen LogP contribution in [0.2, 0.25) is 0 Å². The van der Waals surface area contributed by atoms with Crippen molar-refractivity contribution in [2.45, 2.75) is 52.0 Å². The Bertz CT molecular complexity index is 687. The second-order valence-electron chi connectivity index (χ2n) is 6.54. The second kappa shape index (κ2) is 6.99. The zero-order valence-electron chi connectivity index (χ0n) is 14.1. The maximum atomic E-state index is 12.6. The number of fused-ring (bicyclic) bond motifs is 1. The highest BCUT2D eigenvalue weighted by molar-refractivity contribution is 5.94. The van der Waals surface area contributed by atoms with Crippen molar-refractivity contribution in [3.05, 3.63) is 70.3 Å². The van der Waals surface area contributed by atoms with Gasteiger partial charge in [-0.05, 0) is 67.9 Å². The molecule has 0 heterocycles. The average Bonchev–Trinajstić information content (AvgIpc) is 2.60. The van der Waals surface area contributed by atoms with Crippen LogP contribution in [-0.2, 0) is 12.8 Å². The van der Waals surface area contributed by atoms with E-state index in [9.17, 15) is 4.79 Å². The number of amides is 1. The summed E-state index contributed by atoms with van der Waals surface area (Å²) in [5, 5.41) is 3.19. The Labute approximate surface area is 138 Å². The molecule has 1 aliphatic rings. The SMILES string of the molecule is CC[C@H](NC(=O)c1ccc2c(c1)CCCC2)c1ccc(C)cc1. The van der Waals surface area contributed by atoms with Crippen molar-refractivity contribution in [1.29, 1.82) is 0 Å². The van der Waals surface area contributed by atoms with E-state index in [0.717, 1.165) is 24.8 Å². The minimum Gasteiger partial charge on any atom is -0.345 e. The summed E-state index contributed by atoms with van der Waals surface area (Å²) in [6.07, 6.45) is 5.65. The van der Waals surface area contributed by atoms with Crippen molar-refractivity contribution >= 4 is 5.91 Å². The highest BCUT2D eigenvalue weighted by Crippen LogP contribution is 2.23. The topological polar surface area (TPSA) is 29.1 Å². The third-order valence-electron chi connectivity index (χ3n) is 4.80. The van der Waals surface area contributed by atoms with Crippen LogP contribution < -0.4 is 5.32 Å². The number of carbonyl (C=O) groups is 1. The van der Waals surface area contributed by atoms with Gasteiger partial charge in [0, 0.05) is 5.56 Å². The summed E-state index contributed by atoms with van der Waals surface area (Å²) in [7, 11) is 0. The number of rotatable bonds is 4. The van der Waals surface area contributed by atoms with E-state index < -0.39 is 0 Å². The maximum absolute atomic E-state index is 12.6. The standard InChI is InChI=1S/C21H25NO/c1-3-20(17-10-8-15(2)9-11-17)22-21(23)19-13-12-16-6-4-5-7-18(16)14-19/h8-14,20H,3-7H2,1-2H3,(H,22,23)/t20-/m0/s1. The van der Waals surface area contributed by atoms with Gasteiger partial charge in [-0.25, -0.2) is 0 Å². The van der Waals surface area contributed by atoms with E-state index in [1.54, 1.807) is 0 Å². The van der Waals surface area contributed by atoms with E-state index in [-0.39, 0.29) is 11.9 Å². The van der Waals surface area contributed by atoms with Crippen LogP contribution in [0.15, 0.2) is 42.5 Å². The number of hydrogen-bond acceptors (Lipinski definition) is 1. The molecule has 0 bridgehead atoms. The molecule has 0 saturated heterocycles. The van der Waals surface area contributed by atoms with Gasteiger partial charge in [-0.2, -0.15) is 0 Å². The van der Waals surface area contributed by atoms with Crippen molar-refractivity contribution in [1.82, 2.24) is 5.32 Å². The molecule has 1 N–H and O–H groups in total. The number of nitrogens with one attached hydrogen (secondary N) is 1. The molecule has 1 aliphatic carbocycles. The van der Waals surface area contributed by atoms with Crippen LogP contribution in [-0.4, -0.2) is 5.91 Å². The molecule has 0 spiro atoms. The first kappa shape index (κ1) is 15.8. The number of carbonyl (C=O) groups excluding carboxylic acids is 1. The number of benzene rings is 2. The predicted molar refractivity (Wildman–Crippen MR) is 94.8 cm³/mol. The molecule has 0 radical (unpaired) electrons. The van der Waals surface area contributed by atoms with Crippen molar-refractivity contribution in [3.8, 4) is 0 Å². The van der Waals surface area contributed by atoms with Crippen LogP contribution in [0, 0.1) is 6.92 Å².